The van der Waals surface area contributed by atoms with Crippen LogP contribution in [0.3, 0.4) is 0 Å². The molecule has 31 heavy (non-hydrogen) atoms. The Bertz CT molecular complexity index is 821. The first-order valence-corrected chi connectivity index (χ1v) is 10.9. The van der Waals surface area contributed by atoms with Crippen LogP contribution in [0.25, 0.3) is 0 Å². The molecule has 0 unspecified atom stereocenters. The number of morpholine rings is 1. The van der Waals surface area contributed by atoms with Gasteiger partial charge in [0.25, 0.3) is 0 Å². The zero-order valence-electron chi connectivity index (χ0n) is 18.5. The highest BCUT2D eigenvalue weighted by molar-refractivity contribution is 5.40. The van der Waals surface area contributed by atoms with Gasteiger partial charge in [-0.25, -0.2) is 9.97 Å². The summed E-state index contributed by atoms with van der Waals surface area (Å²) >= 11 is 0. The van der Waals surface area contributed by atoms with Gasteiger partial charge >= 0.3 is 0 Å². The number of ether oxygens (including phenoxy) is 4. The monoisotopic (exact) mass is 428 g/mol. The molecule has 2 aromatic rings. The Morgan fingerprint density at radius 1 is 1.06 bits per heavy atom. The lowest BCUT2D eigenvalue weighted by molar-refractivity contribution is 0.0675. The van der Waals surface area contributed by atoms with E-state index in [-0.39, 0.29) is 6.10 Å². The molecule has 8 heteroatoms. The maximum absolute atomic E-state index is 5.91. The van der Waals surface area contributed by atoms with Crippen molar-refractivity contribution in [3.63, 3.8) is 0 Å². The molecule has 0 bridgehead atoms. The largest absolute Gasteiger partial charge is 0.497 e. The summed E-state index contributed by atoms with van der Waals surface area (Å²) in [4.78, 5) is 13.8. The molecule has 2 aliphatic rings. The van der Waals surface area contributed by atoms with Crippen LogP contribution < -0.4 is 14.4 Å². The van der Waals surface area contributed by atoms with Gasteiger partial charge in [0.2, 0.25) is 5.95 Å². The van der Waals surface area contributed by atoms with Gasteiger partial charge in [0.15, 0.2) is 0 Å². The van der Waals surface area contributed by atoms with E-state index < -0.39 is 0 Å². The molecular formula is C23H32N4O4. The van der Waals surface area contributed by atoms with Crippen LogP contribution >= 0.6 is 0 Å². The molecule has 8 nitrogen and oxygen atoms in total. The summed E-state index contributed by atoms with van der Waals surface area (Å²) in [5.41, 5.74) is 2.20. The van der Waals surface area contributed by atoms with Gasteiger partial charge < -0.3 is 23.8 Å². The van der Waals surface area contributed by atoms with Crippen LogP contribution in [0.2, 0.25) is 0 Å². The summed E-state index contributed by atoms with van der Waals surface area (Å²) in [6.45, 7) is 6.33. The van der Waals surface area contributed by atoms with Crippen LogP contribution in [0.1, 0.15) is 24.0 Å². The maximum atomic E-state index is 5.91. The topological polar surface area (TPSA) is 69.2 Å². The van der Waals surface area contributed by atoms with E-state index in [4.69, 9.17) is 18.9 Å². The van der Waals surface area contributed by atoms with Gasteiger partial charge in [-0.05, 0) is 18.9 Å². The van der Waals surface area contributed by atoms with Gasteiger partial charge in [-0.1, -0.05) is 6.07 Å². The zero-order chi connectivity index (χ0) is 21.5. The second-order valence-electron chi connectivity index (χ2n) is 7.97. The van der Waals surface area contributed by atoms with E-state index in [1.54, 1.807) is 14.2 Å². The zero-order valence-corrected chi connectivity index (χ0v) is 18.5. The highest BCUT2D eigenvalue weighted by Gasteiger charge is 2.21. The highest BCUT2D eigenvalue weighted by atomic mass is 16.5. The highest BCUT2D eigenvalue weighted by Crippen LogP contribution is 2.27. The molecule has 1 aromatic carbocycles. The fraction of sp³-hybridized carbons (Fsp3) is 0.565. The number of rotatable bonds is 9. The Labute approximate surface area is 184 Å². The Hall–Kier alpha value is -2.42. The van der Waals surface area contributed by atoms with Crippen LogP contribution in [0.4, 0.5) is 5.95 Å². The van der Waals surface area contributed by atoms with Crippen molar-refractivity contribution in [2.45, 2.75) is 32.0 Å². The van der Waals surface area contributed by atoms with Crippen molar-refractivity contribution < 1.29 is 18.9 Å². The van der Waals surface area contributed by atoms with E-state index in [9.17, 15) is 0 Å². The fourth-order valence-corrected chi connectivity index (χ4v) is 4.10. The minimum Gasteiger partial charge on any atom is -0.497 e. The van der Waals surface area contributed by atoms with Crippen LogP contribution in [0, 0.1) is 0 Å². The molecule has 2 saturated heterocycles. The van der Waals surface area contributed by atoms with Crippen LogP contribution in [0.15, 0.2) is 30.6 Å². The summed E-state index contributed by atoms with van der Waals surface area (Å²) in [5.74, 6) is 2.39. The van der Waals surface area contributed by atoms with E-state index >= 15 is 0 Å². The Morgan fingerprint density at radius 3 is 2.55 bits per heavy atom. The first kappa shape index (κ1) is 21.8. The predicted molar refractivity (Wildman–Crippen MR) is 118 cm³/mol. The van der Waals surface area contributed by atoms with Crippen molar-refractivity contribution in [2.24, 2.45) is 0 Å². The molecule has 3 heterocycles. The molecule has 2 fully saturated rings. The number of methoxy groups -OCH3 is 2. The SMILES string of the molecule is COc1ccc(CN(Cc2cnc(N3CCOCC3)nc2)C[C@H]2CCCO2)c(OC)c1. The third-order valence-corrected chi connectivity index (χ3v) is 5.77. The number of hydrogen-bond acceptors (Lipinski definition) is 8. The van der Waals surface area contributed by atoms with E-state index in [0.717, 1.165) is 94.0 Å². The molecule has 4 rings (SSSR count). The summed E-state index contributed by atoms with van der Waals surface area (Å²) in [6.07, 6.45) is 6.36. The van der Waals surface area contributed by atoms with Crippen molar-refractivity contribution in [2.75, 3.05) is 58.6 Å². The van der Waals surface area contributed by atoms with Crippen LogP contribution in [0.5, 0.6) is 11.5 Å². The first-order valence-electron chi connectivity index (χ1n) is 10.9. The summed E-state index contributed by atoms with van der Waals surface area (Å²) < 4.78 is 22.3. The van der Waals surface area contributed by atoms with Gasteiger partial charge in [-0.3, -0.25) is 4.90 Å². The Morgan fingerprint density at radius 2 is 1.87 bits per heavy atom. The number of aromatic nitrogens is 2. The number of nitrogens with zero attached hydrogens (tertiary/aromatic N) is 4. The minimum absolute atomic E-state index is 0.262. The Balaban J connectivity index is 1.47. The van der Waals surface area contributed by atoms with Crippen molar-refractivity contribution in [3.05, 3.63) is 41.7 Å². The average molecular weight is 429 g/mol. The van der Waals surface area contributed by atoms with Gasteiger partial charge in [0.05, 0.1) is 33.5 Å². The lowest BCUT2D eigenvalue weighted by Crippen LogP contribution is -2.37. The summed E-state index contributed by atoms with van der Waals surface area (Å²) in [5, 5.41) is 0. The fourth-order valence-electron chi connectivity index (χ4n) is 4.10. The first-order chi connectivity index (χ1) is 15.2. The number of anilines is 1. The normalized spacial score (nSPS) is 19.1. The third kappa shape index (κ3) is 5.84. The molecule has 0 aliphatic carbocycles. The smallest absolute Gasteiger partial charge is 0.225 e. The van der Waals surface area contributed by atoms with Crippen molar-refractivity contribution in [3.8, 4) is 11.5 Å². The summed E-state index contributed by atoms with van der Waals surface area (Å²) in [7, 11) is 3.36. The van der Waals surface area contributed by atoms with E-state index in [1.165, 1.54) is 0 Å². The van der Waals surface area contributed by atoms with Crippen molar-refractivity contribution >= 4 is 5.95 Å². The second-order valence-corrected chi connectivity index (χ2v) is 7.97. The lowest BCUT2D eigenvalue weighted by atomic mass is 10.1. The van der Waals surface area contributed by atoms with Gasteiger partial charge in [-0.2, -0.15) is 0 Å². The van der Waals surface area contributed by atoms with E-state index in [1.807, 2.05) is 24.5 Å². The molecule has 0 spiro atoms. The molecule has 2 aliphatic heterocycles. The molecule has 1 aromatic heterocycles. The van der Waals surface area contributed by atoms with Gasteiger partial charge in [-0.15, -0.1) is 0 Å². The lowest BCUT2D eigenvalue weighted by Gasteiger charge is -2.27. The van der Waals surface area contributed by atoms with Gasteiger partial charge in [0.1, 0.15) is 11.5 Å². The molecule has 1 atom stereocenters. The van der Waals surface area contributed by atoms with E-state index in [0.29, 0.717) is 0 Å². The molecule has 0 amide bonds. The van der Waals surface area contributed by atoms with Crippen LogP contribution in [-0.2, 0) is 22.6 Å². The Kier molecular flexibility index (Phi) is 7.56. The average Bonchev–Trinajstić information content (AvgIpc) is 3.33. The second kappa shape index (κ2) is 10.7. The third-order valence-electron chi connectivity index (χ3n) is 5.77. The molecular weight excluding hydrogens is 396 g/mol. The van der Waals surface area contributed by atoms with Crippen LogP contribution in [-0.4, -0.2) is 74.6 Å². The minimum atomic E-state index is 0.262. The molecule has 0 radical (unpaired) electrons. The standard InChI is InChI=1S/C23H32N4O4/c1-28-20-6-5-19(22(12-20)29-2)16-26(17-21-4-3-9-31-21)15-18-13-24-23(25-14-18)27-7-10-30-11-8-27/h5-6,12-14,21H,3-4,7-11,15-17H2,1-2H3/t21-/m1/s1. The van der Waals surface area contributed by atoms with Crippen molar-refractivity contribution in [1.29, 1.82) is 0 Å². The molecule has 0 N–H and O–H groups in total. The van der Waals surface area contributed by atoms with Gasteiger partial charge in [0, 0.05) is 68.9 Å². The van der Waals surface area contributed by atoms with Crippen molar-refractivity contribution in [1.82, 2.24) is 14.9 Å². The summed E-state index contributed by atoms with van der Waals surface area (Å²) in [6, 6.07) is 5.97. The predicted octanol–water partition coefficient (Wildman–Crippen LogP) is 2.51. The number of hydrogen-bond donors (Lipinski definition) is 0. The number of benzene rings is 1. The van der Waals surface area contributed by atoms with E-state index in [2.05, 4.69) is 25.8 Å². The molecule has 0 saturated carbocycles. The molecule has 168 valence electrons. The quantitative estimate of drug-likeness (QED) is 0.604. The maximum Gasteiger partial charge on any atom is 0.225 e.